The Labute approximate surface area is 137 Å². The molecule has 2 heterocycles. The summed E-state index contributed by atoms with van der Waals surface area (Å²) in [5, 5.41) is 4.26. The Morgan fingerprint density at radius 1 is 1.30 bits per heavy atom. The van der Waals surface area contributed by atoms with Crippen molar-refractivity contribution < 1.29 is 5.82 Å². The van der Waals surface area contributed by atoms with E-state index in [1.54, 1.807) is 16.9 Å². The van der Waals surface area contributed by atoms with E-state index >= 15 is 0 Å². The Morgan fingerprint density at radius 3 is 2.57 bits per heavy atom. The second kappa shape index (κ2) is 7.17. The highest BCUT2D eigenvalue weighted by Crippen LogP contribution is 2.25. The highest BCUT2D eigenvalue weighted by Gasteiger charge is 2.12. The average molecular weight is 317 g/mol. The normalized spacial score (nSPS) is 10.3. The van der Waals surface area contributed by atoms with Crippen LogP contribution in [-0.4, -0.2) is 24.7 Å². The Morgan fingerprint density at radius 2 is 2.04 bits per heavy atom. The number of hydrogen-bond acceptors (Lipinski definition) is 3. The van der Waals surface area contributed by atoms with Gasteiger partial charge in [-0.1, -0.05) is 26.8 Å². The molecular weight excluding hydrogens is 293 g/mol. The van der Waals surface area contributed by atoms with E-state index in [0.717, 1.165) is 18.1 Å². The lowest BCUT2D eigenvalue weighted by Crippen LogP contribution is -1.93. The molecule has 3 rings (SSSR count). The molecule has 0 radical (unpaired) electrons. The van der Waals surface area contributed by atoms with E-state index < -0.39 is 0 Å². The van der Waals surface area contributed by atoms with Crippen molar-refractivity contribution in [2.75, 3.05) is 0 Å². The van der Waals surface area contributed by atoms with E-state index in [4.69, 9.17) is 0 Å². The average Bonchev–Trinajstić information content (AvgIpc) is 3.16. The summed E-state index contributed by atoms with van der Waals surface area (Å²) in [6.45, 7) is 7.86. The van der Waals surface area contributed by atoms with Crippen molar-refractivity contribution in [2.24, 2.45) is 7.05 Å². The minimum absolute atomic E-state index is 0. The first kappa shape index (κ1) is 16.9. The molecule has 23 heavy (non-hydrogen) atoms. The first-order valence-corrected chi connectivity index (χ1v) is 7.80. The van der Waals surface area contributed by atoms with Crippen LogP contribution in [0.15, 0.2) is 24.4 Å². The van der Waals surface area contributed by atoms with E-state index in [0.29, 0.717) is 22.6 Å². The molecule has 0 saturated carbocycles. The smallest absolute Gasteiger partial charge is 0.181 e. The zero-order valence-electron chi connectivity index (χ0n) is 14.2. The van der Waals surface area contributed by atoms with Crippen molar-refractivity contribution in [1.82, 2.24) is 24.7 Å². The Hall–Kier alpha value is -2.50. The summed E-state index contributed by atoms with van der Waals surface area (Å²) in [6, 6.07) is 5.00. The number of aromatic nitrogens is 5. The van der Waals surface area contributed by atoms with Gasteiger partial charge in [-0.05, 0) is 19.1 Å². The molecule has 5 nitrogen and oxygen atoms in total. The minimum Gasteiger partial charge on any atom is -0.342 e. The number of nitrogens with one attached hydrogen (secondary N) is 1. The molecule has 0 bridgehead atoms. The Balaban J connectivity index is 0.000000925. The summed E-state index contributed by atoms with van der Waals surface area (Å²) in [7, 11) is 1.81. The molecule has 0 aliphatic rings. The fraction of sp³-hybridized carbons (Fsp3) is 0.353. The van der Waals surface area contributed by atoms with Gasteiger partial charge in [0.25, 0.3) is 0 Å². The van der Waals surface area contributed by atoms with Crippen LogP contribution in [0.25, 0.3) is 22.6 Å². The number of H-pyrrole nitrogens is 1. The highest BCUT2D eigenvalue weighted by atomic mass is 19.1. The SMILES string of the molecule is CC.CCc1ncc(-c2ccc(-c3nc(C)n(C)n3)cc2F)[nH]1.[HH]. The largest absolute Gasteiger partial charge is 0.342 e. The Kier molecular flexibility index (Phi) is 5.26. The first-order valence-electron chi connectivity index (χ1n) is 7.80. The van der Waals surface area contributed by atoms with Crippen molar-refractivity contribution in [3.63, 3.8) is 0 Å². The fourth-order valence-electron chi connectivity index (χ4n) is 2.14. The van der Waals surface area contributed by atoms with Gasteiger partial charge >= 0.3 is 0 Å². The fourth-order valence-corrected chi connectivity index (χ4v) is 2.14. The van der Waals surface area contributed by atoms with E-state index in [2.05, 4.69) is 20.1 Å². The summed E-state index contributed by atoms with van der Waals surface area (Å²) >= 11 is 0. The van der Waals surface area contributed by atoms with Crippen LogP contribution in [0.3, 0.4) is 0 Å². The van der Waals surface area contributed by atoms with Crippen LogP contribution < -0.4 is 0 Å². The van der Waals surface area contributed by atoms with Gasteiger partial charge in [-0.25, -0.2) is 14.4 Å². The van der Waals surface area contributed by atoms with E-state index in [9.17, 15) is 4.39 Å². The molecule has 0 unspecified atom stereocenters. The lowest BCUT2D eigenvalue weighted by atomic mass is 10.1. The third-order valence-corrected chi connectivity index (χ3v) is 3.46. The van der Waals surface area contributed by atoms with Gasteiger partial charge in [0.1, 0.15) is 17.5 Å². The maximum Gasteiger partial charge on any atom is 0.181 e. The van der Waals surface area contributed by atoms with Crippen molar-refractivity contribution in [2.45, 2.75) is 34.1 Å². The zero-order valence-corrected chi connectivity index (χ0v) is 14.2. The quantitative estimate of drug-likeness (QED) is 0.789. The van der Waals surface area contributed by atoms with Crippen LogP contribution in [0.4, 0.5) is 4.39 Å². The van der Waals surface area contributed by atoms with E-state index in [-0.39, 0.29) is 7.24 Å². The van der Waals surface area contributed by atoms with E-state index in [1.807, 2.05) is 40.8 Å². The summed E-state index contributed by atoms with van der Waals surface area (Å²) in [5.74, 6) is 1.84. The lowest BCUT2D eigenvalue weighted by molar-refractivity contribution is 0.631. The number of nitrogens with zero attached hydrogens (tertiary/aromatic N) is 4. The molecule has 0 amide bonds. The number of imidazole rings is 1. The molecule has 0 aliphatic carbocycles. The van der Waals surface area contributed by atoms with E-state index in [1.165, 1.54) is 6.07 Å². The minimum atomic E-state index is -0.316. The number of aromatic amines is 1. The number of benzene rings is 1. The maximum absolute atomic E-state index is 14.3. The molecule has 0 spiro atoms. The highest BCUT2D eigenvalue weighted by molar-refractivity contribution is 5.65. The topological polar surface area (TPSA) is 59.4 Å². The van der Waals surface area contributed by atoms with Gasteiger partial charge in [0.15, 0.2) is 5.82 Å². The van der Waals surface area contributed by atoms with Crippen molar-refractivity contribution in [1.29, 1.82) is 0 Å². The van der Waals surface area contributed by atoms with Gasteiger partial charge in [-0.2, -0.15) is 5.10 Å². The van der Waals surface area contributed by atoms with Gasteiger partial charge < -0.3 is 4.98 Å². The van der Waals surface area contributed by atoms with Gasteiger partial charge in [-0.3, -0.25) is 4.68 Å². The predicted molar refractivity (Wildman–Crippen MR) is 91.6 cm³/mol. The lowest BCUT2D eigenvalue weighted by Gasteiger charge is -2.02. The van der Waals surface area contributed by atoms with Crippen LogP contribution in [0.2, 0.25) is 0 Å². The standard InChI is InChI=1S/C15H16FN5.C2H6.H2/c1-4-14-17-8-13(19-14)11-6-5-10(7-12(11)16)15-18-9(2)21(3)20-15;1-2;/h5-8H,4H2,1-3H3,(H,17,19);1-2H3;1H. The van der Waals surface area contributed by atoms with Crippen molar-refractivity contribution in [3.05, 3.63) is 41.9 Å². The number of rotatable bonds is 3. The second-order valence-corrected chi connectivity index (χ2v) is 4.90. The molecule has 3 aromatic rings. The molecule has 0 atom stereocenters. The van der Waals surface area contributed by atoms with Crippen LogP contribution >= 0.6 is 0 Å². The van der Waals surface area contributed by atoms with Crippen LogP contribution in [0.5, 0.6) is 0 Å². The zero-order chi connectivity index (χ0) is 17.0. The molecule has 6 heteroatoms. The summed E-state index contributed by atoms with van der Waals surface area (Å²) < 4.78 is 16.0. The molecule has 0 aliphatic heterocycles. The van der Waals surface area contributed by atoms with Gasteiger partial charge in [0, 0.05) is 26.0 Å². The van der Waals surface area contributed by atoms with Crippen LogP contribution in [0, 0.1) is 12.7 Å². The molecule has 0 saturated heterocycles. The first-order chi connectivity index (χ1) is 11.1. The molecule has 124 valence electrons. The number of aryl methyl sites for hydroxylation is 3. The Bertz CT molecular complexity index is 775. The van der Waals surface area contributed by atoms with Crippen LogP contribution in [0.1, 0.15) is 33.8 Å². The number of halogens is 1. The second-order valence-electron chi connectivity index (χ2n) is 4.90. The van der Waals surface area contributed by atoms with Gasteiger partial charge in [-0.15, -0.1) is 0 Å². The molecule has 2 aromatic heterocycles. The maximum atomic E-state index is 14.3. The summed E-state index contributed by atoms with van der Waals surface area (Å²) in [5.41, 5.74) is 1.84. The van der Waals surface area contributed by atoms with Gasteiger partial charge in [0.2, 0.25) is 0 Å². The molecule has 1 aromatic carbocycles. The third-order valence-electron chi connectivity index (χ3n) is 3.46. The summed E-state index contributed by atoms with van der Waals surface area (Å²) in [4.78, 5) is 11.6. The number of hydrogen-bond donors (Lipinski definition) is 1. The third kappa shape index (κ3) is 3.47. The van der Waals surface area contributed by atoms with Gasteiger partial charge in [0.05, 0.1) is 11.9 Å². The monoisotopic (exact) mass is 317 g/mol. The molecule has 1 N–H and O–H groups in total. The molecule has 0 fully saturated rings. The molecular formula is C17H24FN5. The van der Waals surface area contributed by atoms with Crippen molar-refractivity contribution in [3.8, 4) is 22.6 Å². The predicted octanol–water partition coefficient (Wildman–Crippen LogP) is 4.15. The summed E-state index contributed by atoms with van der Waals surface area (Å²) in [6.07, 6.45) is 2.44. The van der Waals surface area contributed by atoms with Crippen LogP contribution in [-0.2, 0) is 13.5 Å². The van der Waals surface area contributed by atoms with Crippen molar-refractivity contribution >= 4 is 0 Å².